The minimum atomic E-state index is -0.254. The molecule has 0 aliphatic heterocycles. The summed E-state index contributed by atoms with van der Waals surface area (Å²) in [4.78, 5) is 1.32. The van der Waals surface area contributed by atoms with Gasteiger partial charge in [0.1, 0.15) is 5.82 Å². The number of hydrogen-bond donors (Lipinski definition) is 2. The first-order chi connectivity index (χ1) is 9.13. The number of thiocarbonyl (C=S) groups is 1. The number of halogens is 1. The molecule has 1 aromatic carbocycles. The van der Waals surface area contributed by atoms with Crippen molar-refractivity contribution in [1.29, 1.82) is 0 Å². The van der Waals surface area contributed by atoms with Crippen LogP contribution in [-0.2, 0) is 6.42 Å². The highest BCUT2D eigenvalue weighted by Gasteiger charge is 2.06. The Kier molecular flexibility index (Phi) is 4.87. The van der Waals surface area contributed by atoms with E-state index in [4.69, 9.17) is 12.2 Å². The highest BCUT2D eigenvalue weighted by Crippen LogP contribution is 2.11. The Morgan fingerprint density at radius 3 is 2.68 bits per heavy atom. The zero-order chi connectivity index (χ0) is 13.7. The largest absolute Gasteiger partial charge is 0.360 e. The van der Waals surface area contributed by atoms with Crippen LogP contribution in [0.1, 0.15) is 11.8 Å². The third-order valence-corrected chi connectivity index (χ3v) is 3.69. The molecule has 0 fully saturated rings. The summed E-state index contributed by atoms with van der Waals surface area (Å²) < 4.78 is 12.8. The summed E-state index contributed by atoms with van der Waals surface area (Å²) >= 11 is 6.97. The van der Waals surface area contributed by atoms with Gasteiger partial charge in [-0.15, -0.1) is 11.3 Å². The molecule has 2 N–H and O–H groups in total. The third-order valence-electron chi connectivity index (χ3n) is 2.57. The molecule has 1 aromatic heterocycles. The van der Waals surface area contributed by atoms with Gasteiger partial charge in [-0.05, 0) is 54.9 Å². The van der Waals surface area contributed by atoms with E-state index in [0.29, 0.717) is 5.11 Å². The van der Waals surface area contributed by atoms with Gasteiger partial charge < -0.3 is 10.6 Å². The minimum Gasteiger partial charge on any atom is -0.360 e. The zero-order valence-electron chi connectivity index (χ0n) is 10.5. The second-order valence-corrected chi connectivity index (χ2v) is 5.73. The van der Waals surface area contributed by atoms with Gasteiger partial charge in [0.25, 0.3) is 0 Å². The molecule has 0 aliphatic carbocycles. The maximum absolute atomic E-state index is 12.8. The zero-order valence-corrected chi connectivity index (χ0v) is 12.2. The number of benzene rings is 1. The number of thiophene rings is 1. The van der Waals surface area contributed by atoms with E-state index in [1.54, 1.807) is 23.5 Å². The van der Waals surface area contributed by atoms with Crippen LogP contribution in [0.5, 0.6) is 0 Å². The lowest BCUT2D eigenvalue weighted by Gasteiger charge is -2.16. The number of nitrogens with one attached hydrogen (secondary N) is 2. The molecular formula is C14H15FN2S2. The summed E-state index contributed by atoms with van der Waals surface area (Å²) in [7, 11) is 0. The standard InChI is InChI=1S/C14H15FN2S2/c1-10(9-13-3-2-8-19-13)16-14(18)17-12-6-4-11(15)5-7-12/h2-8,10H,9H2,1H3,(H2,16,17,18)/t10-/m0/s1. The molecule has 0 unspecified atom stereocenters. The normalized spacial score (nSPS) is 11.9. The quantitative estimate of drug-likeness (QED) is 0.839. The third kappa shape index (κ3) is 4.61. The van der Waals surface area contributed by atoms with Crippen molar-refractivity contribution in [3.05, 3.63) is 52.5 Å². The van der Waals surface area contributed by atoms with Crippen LogP contribution in [0.15, 0.2) is 41.8 Å². The van der Waals surface area contributed by atoms with Crippen LogP contribution in [0, 0.1) is 5.82 Å². The Balaban J connectivity index is 1.82. The van der Waals surface area contributed by atoms with Gasteiger partial charge in [-0.2, -0.15) is 0 Å². The van der Waals surface area contributed by atoms with E-state index in [-0.39, 0.29) is 11.9 Å². The first-order valence-corrected chi connectivity index (χ1v) is 7.28. The van der Waals surface area contributed by atoms with Crippen molar-refractivity contribution in [2.24, 2.45) is 0 Å². The summed E-state index contributed by atoms with van der Waals surface area (Å²) in [6, 6.07) is 10.5. The lowest BCUT2D eigenvalue weighted by molar-refractivity contribution is 0.628. The maximum atomic E-state index is 12.8. The average Bonchev–Trinajstić information content (AvgIpc) is 2.84. The highest BCUT2D eigenvalue weighted by atomic mass is 32.1. The van der Waals surface area contributed by atoms with Crippen LogP contribution >= 0.6 is 23.6 Å². The van der Waals surface area contributed by atoms with Gasteiger partial charge in [0, 0.05) is 23.0 Å². The number of anilines is 1. The van der Waals surface area contributed by atoms with Crippen molar-refractivity contribution < 1.29 is 4.39 Å². The Morgan fingerprint density at radius 2 is 2.05 bits per heavy atom. The summed E-state index contributed by atoms with van der Waals surface area (Å²) in [5.74, 6) is -0.254. The predicted molar refractivity (Wildman–Crippen MR) is 83.2 cm³/mol. The van der Waals surface area contributed by atoms with Gasteiger partial charge in [0.05, 0.1) is 0 Å². The fourth-order valence-corrected chi connectivity index (χ4v) is 2.86. The van der Waals surface area contributed by atoms with E-state index in [9.17, 15) is 4.39 Å². The van der Waals surface area contributed by atoms with Gasteiger partial charge in [0.2, 0.25) is 0 Å². The molecule has 0 saturated heterocycles. The molecule has 2 rings (SSSR count). The second kappa shape index (κ2) is 6.63. The van der Waals surface area contributed by atoms with Crippen LogP contribution < -0.4 is 10.6 Å². The molecule has 1 atom stereocenters. The van der Waals surface area contributed by atoms with E-state index in [1.165, 1.54) is 17.0 Å². The lowest BCUT2D eigenvalue weighted by Crippen LogP contribution is -2.36. The second-order valence-electron chi connectivity index (χ2n) is 4.29. The van der Waals surface area contributed by atoms with Crippen molar-refractivity contribution in [1.82, 2.24) is 5.32 Å². The lowest BCUT2D eigenvalue weighted by atomic mass is 10.2. The van der Waals surface area contributed by atoms with Gasteiger partial charge >= 0.3 is 0 Å². The van der Waals surface area contributed by atoms with Crippen molar-refractivity contribution in [3.8, 4) is 0 Å². The summed E-state index contributed by atoms with van der Waals surface area (Å²) in [6.07, 6.45) is 0.933. The molecule has 1 heterocycles. The highest BCUT2D eigenvalue weighted by molar-refractivity contribution is 7.80. The van der Waals surface area contributed by atoms with Gasteiger partial charge in [-0.1, -0.05) is 6.07 Å². The van der Waals surface area contributed by atoms with Crippen molar-refractivity contribution in [2.45, 2.75) is 19.4 Å². The van der Waals surface area contributed by atoms with Gasteiger partial charge in [0.15, 0.2) is 5.11 Å². The molecule has 2 aromatic rings. The monoisotopic (exact) mass is 294 g/mol. The maximum Gasteiger partial charge on any atom is 0.170 e. The first kappa shape index (κ1) is 14.0. The summed E-state index contributed by atoms with van der Waals surface area (Å²) in [6.45, 7) is 2.08. The van der Waals surface area contributed by atoms with Crippen LogP contribution in [0.25, 0.3) is 0 Å². The molecule has 19 heavy (non-hydrogen) atoms. The Morgan fingerprint density at radius 1 is 1.32 bits per heavy atom. The van der Waals surface area contributed by atoms with Crippen LogP contribution in [-0.4, -0.2) is 11.2 Å². The molecule has 2 nitrogen and oxygen atoms in total. The van der Waals surface area contributed by atoms with E-state index in [1.807, 2.05) is 6.07 Å². The van der Waals surface area contributed by atoms with Crippen LogP contribution in [0.2, 0.25) is 0 Å². The average molecular weight is 294 g/mol. The van der Waals surface area contributed by atoms with E-state index < -0.39 is 0 Å². The molecule has 0 aliphatic rings. The molecule has 0 amide bonds. The molecule has 0 bridgehead atoms. The minimum absolute atomic E-state index is 0.249. The Hall–Kier alpha value is -1.46. The molecule has 0 saturated carbocycles. The van der Waals surface area contributed by atoms with Crippen LogP contribution in [0.3, 0.4) is 0 Å². The van der Waals surface area contributed by atoms with E-state index >= 15 is 0 Å². The molecule has 0 radical (unpaired) electrons. The van der Waals surface area contributed by atoms with Crippen molar-refractivity contribution >= 4 is 34.4 Å². The first-order valence-electron chi connectivity index (χ1n) is 5.99. The summed E-state index contributed by atoms with van der Waals surface area (Å²) in [5.41, 5.74) is 0.780. The number of hydrogen-bond acceptors (Lipinski definition) is 2. The van der Waals surface area contributed by atoms with Gasteiger partial charge in [-0.3, -0.25) is 0 Å². The molecular weight excluding hydrogens is 279 g/mol. The Labute approximate surface area is 121 Å². The topological polar surface area (TPSA) is 24.1 Å². The molecule has 0 spiro atoms. The van der Waals surface area contributed by atoms with E-state index in [2.05, 4.69) is 29.0 Å². The smallest absolute Gasteiger partial charge is 0.170 e. The van der Waals surface area contributed by atoms with Crippen molar-refractivity contribution in [3.63, 3.8) is 0 Å². The predicted octanol–water partition coefficient (Wildman–Crippen LogP) is 3.80. The van der Waals surface area contributed by atoms with Crippen molar-refractivity contribution in [2.75, 3.05) is 5.32 Å². The number of rotatable bonds is 4. The van der Waals surface area contributed by atoms with E-state index in [0.717, 1.165) is 12.1 Å². The fraction of sp³-hybridized carbons (Fsp3) is 0.214. The Bertz CT molecular complexity index is 523. The fourth-order valence-electron chi connectivity index (χ4n) is 1.71. The molecule has 5 heteroatoms. The van der Waals surface area contributed by atoms with Gasteiger partial charge in [-0.25, -0.2) is 4.39 Å². The SMILES string of the molecule is C[C@@H](Cc1cccs1)NC(=S)Nc1ccc(F)cc1. The van der Waals surface area contributed by atoms with Crippen LogP contribution in [0.4, 0.5) is 10.1 Å². The molecule has 100 valence electrons. The summed E-state index contributed by atoms with van der Waals surface area (Å²) in [5, 5.41) is 8.87.